The van der Waals surface area contributed by atoms with E-state index in [2.05, 4.69) is 23.4 Å². The van der Waals surface area contributed by atoms with Gasteiger partial charge in [-0.2, -0.15) is 0 Å². The SMILES string of the molecule is NCC1=CC2C=C(C3CC3)C=NC2S1. The van der Waals surface area contributed by atoms with Crippen LogP contribution in [0.25, 0.3) is 0 Å². The van der Waals surface area contributed by atoms with Gasteiger partial charge in [0, 0.05) is 18.7 Å². The van der Waals surface area contributed by atoms with Crippen molar-refractivity contribution in [2.75, 3.05) is 6.54 Å². The zero-order valence-corrected chi connectivity index (χ0v) is 8.83. The molecule has 0 amide bonds. The van der Waals surface area contributed by atoms with E-state index in [0.29, 0.717) is 17.8 Å². The summed E-state index contributed by atoms with van der Waals surface area (Å²) >= 11 is 1.82. The smallest absolute Gasteiger partial charge is 0.109 e. The normalized spacial score (nSPS) is 35.2. The van der Waals surface area contributed by atoms with E-state index < -0.39 is 0 Å². The van der Waals surface area contributed by atoms with Crippen molar-refractivity contribution in [2.24, 2.45) is 22.6 Å². The number of thioether (sulfide) groups is 1. The van der Waals surface area contributed by atoms with Crippen molar-refractivity contribution in [3.63, 3.8) is 0 Å². The number of hydrogen-bond donors (Lipinski definition) is 1. The van der Waals surface area contributed by atoms with Gasteiger partial charge >= 0.3 is 0 Å². The van der Waals surface area contributed by atoms with E-state index >= 15 is 0 Å². The Hall–Kier alpha value is -0.540. The Labute approximate surface area is 88.4 Å². The molecular formula is C11H14N2S. The maximum Gasteiger partial charge on any atom is 0.109 e. The van der Waals surface area contributed by atoms with Crippen molar-refractivity contribution >= 4 is 18.0 Å². The lowest BCUT2D eigenvalue weighted by Crippen LogP contribution is -2.13. The topological polar surface area (TPSA) is 38.4 Å². The van der Waals surface area contributed by atoms with Crippen LogP contribution in [-0.2, 0) is 0 Å². The average Bonchev–Trinajstić information content (AvgIpc) is 2.97. The maximum absolute atomic E-state index is 5.63. The largest absolute Gasteiger partial charge is 0.326 e. The highest BCUT2D eigenvalue weighted by molar-refractivity contribution is 8.04. The highest BCUT2D eigenvalue weighted by Gasteiger charge is 2.32. The Morgan fingerprint density at radius 1 is 1.43 bits per heavy atom. The number of dihydropyridines is 1. The van der Waals surface area contributed by atoms with Gasteiger partial charge in [0.05, 0.1) is 0 Å². The van der Waals surface area contributed by atoms with Gasteiger partial charge in [-0.3, -0.25) is 4.99 Å². The Bertz CT molecular complexity index is 339. The van der Waals surface area contributed by atoms with Crippen LogP contribution in [0.5, 0.6) is 0 Å². The van der Waals surface area contributed by atoms with Crippen LogP contribution in [0.3, 0.4) is 0 Å². The van der Waals surface area contributed by atoms with Crippen molar-refractivity contribution in [2.45, 2.75) is 18.2 Å². The molecule has 0 radical (unpaired) electrons. The van der Waals surface area contributed by atoms with E-state index in [0.717, 1.165) is 5.92 Å². The van der Waals surface area contributed by atoms with E-state index in [9.17, 15) is 0 Å². The molecule has 0 aromatic rings. The second kappa shape index (κ2) is 3.24. The molecular weight excluding hydrogens is 192 g/mol. The summed E-state index contributed by atoms with van der Waals surface area (Å²) in [5.41, 5.74) is 7.09. The van der Waals surface area contributed by atoms with Gasteiger partial charge in [0.25, 0.3) is 0 Å². The van der Waals surface area contributed by atoms with E-state index in [4.69, 9.17) is 5.73 Å². The molecule has 3 rings (SSSR count). The molecule has 14 heavy (non-hydrogen) atoms. The molecule has 0 saturated heterocycles. The van der Waals surface area contributed by atoms with Gasteiger partial charge in [0.2, 0.25) is 0 Å². The second-order valence-electron chi connectivity index (χ2n) is 4.14. The van der Waals surface area contributed by atoms with Gasteiger partial charge in [-0.05, 0) is 29.2 Å². The number of nitrogens with two attached hydrogens (primary N) is 1. The molecule has 3 heteroatoms. The lowest BCUT2D eigenvalue weighted by Gasteiger charge is -2.16. The van der Waals surface area contributed by atoms with Crippen LogP contribution in [-0.4, -0.2) is 18.1 Å². The standard InChI is InChI=1S/C11H14N2S/c12-5-10-4-8-3-9(7-1-2-7)6-13-11(8)14-10/h3-4,6-8,11H,1-2,5,12H2. The van der Waals surface area contributed by atoms with Crippen LogP contribution in [0.2, 0.25) is 0 Å². The molecule has 0 bridgehead atoms. The van der Waals surface area contributed by atoms with Crippen LogP contribution in [0.15, 0.2) is 27.6 Å². The van der Waals surface area contributed by atoms with E-state index in [1.807, 2.05) is 11.8 Å². The zero-order chi connectivity index (χ0) is 9.54. The summed E-state index contributed by atoms with van der Waals surface area (Å²) in [7, 11) is 0. The molecule has 2 heterocycles. The summed E-state index contributed by atoms with van der Waals surface area (Å²) < 4.78 is 0. The summed E-state index contributed by atoms with van der Waals surface area (Å²) in [6.07, 6.45) is 9.48. The summed E-state index contributed by atoms with van der Waals surface area (Å²) in [4.78, 5) is 5.89. The van der Waals surface area contributed by atoms with Gasteiger partial charge < -0.3 is 5.73 Å². The lowest BCUT2D eigenvalue weighted by molar-refractivity contribution is 0.758. The highest BCUT2D eigenvalue weighted by Crippen LogP contribution is 2.43. The number of aliphatic imine (C=N–C) groups is 1. The predicted octanol–water partition coefficient (Wildman–Crippen LogP) is 1.94. The van der Waals surface area contributed by atoms with Crippen molar-refractivity contribution in [1.29, 1.82) is 0 Å². The monoisotopic (exact) mass is 206 g/mol. The number of rotatable bonds is 2. The minimum absolute atomic E-state index is 0.385. The Morgan fingerprint density at radius 2 is 2.29 bits per heavy atom. The van der Waals surface area contributed by atoms with Crippen molar-refractivity contribution in [3.05, 3.63) is 22.6 Å². The third-order valence-corrected chi connectivity index (χ3v) is 4.27. The third kappa shape index (κ3) is 1.44. The van der Waals surface area contributed by atoms with Crippen molar-refractivity contribution < 1.29 is 0 Å². The minimum atomic E-state index is 0.385. The maximum atomic E-state index is 5.63. The number of nitrogens with zero attached hydrogens (tertiary/aromatic N) is 1. The molecule has 1 fully saturated rings. The summed E-state index contributed by atoms with van der Waals surface area (Å²) in [5.74, 6) is 1.33. The average molecular weight is 206 g/mol. The van der Waals surface area contributed by atoms with E-state index in [1.165, 1.54) is 23.3 Å². The minimum Gasteiger partial charge on any atom is -0.326 e. The molecule has 1 aliphatic carbocycles. The fourth-order valence-electron chi connectivity index (χ4n) is 2.03. The predicted molar refractivity (Wildman–Crippen MR) is 61.3 cm³/mol. The highest BCUT2D eigenvalue weighted by atomic mass is 32.2. The van der Waals surface area contributed by atoms with Gasteiger partial charge in [-0.25, -0.2) is 0 Å². The quantitative estimate of drug-likeness (QED) is 0.750. The molecule has 2 nitrogen and oxygen atoms in total. The molecule has 1 saturated carbocycles. The van der Waals surface area contributed by atoms with Gasteiger partial charge in [-0.1, -0.05) is 12.2 Å². The molecule has 0 aromatic heterocycles. The molecule has 2 N–H and O–H groups in total. The number of hydrogen-bond acceptors (Lipinski definition) is 3. The number of fused-ring (bicyclic) bond motifs is 1. The van der Waals surface area contributed by atoms with Crippen LogP contribution < -0.4 is 5.73 Å². The van der Waals surface area contributed by atoms with Crippen LogP contribution in [0, 0.1) is 11.8 Å². The lowest BCUT2D eigenvalue weighted by atomic mass is 10.0. The van der Waals surface area contributed by atoms with Crippen molar-refractivity contribution in [1.82, 2.24) is 0 Å². The zero-order valence-electron chi connectivity index (χ0n) is 8.02. The summed E-state index contributed by atoms with van der Waals surface area (Å²) in [6, 6.07) is 0. The molecule has 2 unspecified atom stereocenters. The fourth-order valence-corrected chi connectivity index (χ4v) is 3.11. The van der Waals surface area contributed by atoms with Crippen LogP contribution >= 0.6 is 11.8 Å². The number of allylic oxidation sites excluding steroid dienone is 1. The Morgan fingerprint density at radius 3 is 3.00 bits per heavy atom. The van der Waals surface area contributed by atoms with Gasteiger partial charge in [0.15, 0.2) is 0 Å². The summed E-state index contributed by atoms with van der Waals surface area (Å²) in [6.45, 7) is 0.666. The fraction of sp³-hybridized carbons (Fsp3) is 0.545. The first-order valence-corrected chi connectivity index (χ1v) is 6.07. The van der Waals surface area contributed by atoms with Gasteiger partial charge in [0.1, 0.15) is 5.37 Å². The van der Waals surface area contributed by atoms with Crippen molar-refractivity contribution in [3.8, 4) is 0 Å². The summed E-state index contributed by atoms with van der Waals surface area (Å²) in [5, 5.41) is 0.385. The first-order chi connectivity index (χ1) is 6.86. The molecule has 3 aliphatic rings. The Kier molecular flexibility index (Phi) is 2.03. The van der Waals surface area contributed by atoms with Crippen LogP contribution in [0.1, 0.15) is 12.8 Å². The Balaban J connectivity index is 1.82. The first kappa shape index (κ1) is 8.74. The molecule has 2 aliphatic heterocycles. The molecule has 2 atom stereocenters. The van der Waals surface area contributed by atoms with E-state index in [-0.39, 0.29) is 0 Å². The molecule has 0 aromatic carbocycles. The first-order valence-electron chi connectivity index (χ1n) is 5.19. The molecule has 74 valence electrons. The third-order valence-electron chi connectivity index (χ3n) is 2.99. The molecule has 0 spiro atoms. The van der Waals surface area contributed by atoms with Gasteiger partial charge in [-0.15, -0.1) is 11.8 Å². The van der Waals surface area contributed by atoms with E-state index in [1.54, 1.807) is 0 Å². The second-order valence-corrected chi connectivity index (χ2v) is 5.39. The van der Waals surface area contributed by atoms with Crippen LogP contribution in [0.4, 0.5) is 0 Å².